The van der Waals surface area contributed by atoms with Gasteiger partial charge >= 0.3 is 12.3 Å². The Labute approximate surface area is 449 Å². The minimum atomic E-state index is -1.04. The molecule has 9 unspecified atom stereocenters. The molecular weight excluding hydrogens is 1020 g/mol. The second-order valence-corrected chi connectivity index (χ2v) is 19.9. The highest BCUT2D eigenvalue weighted by molar-refractivity contribution is 5.60. The summed E-state index contributed by atoms with van der Waals surface area (Å²) < 4.78 is 91.2. The Morgan fingerprint density at radius 1 is 0.289 bits per heavy atom. The molecule has 0 aliphatic rings. The van der Waals surface area contributed by atoms with Crippen molar-refractivity contribution in [3.63, 3.8) is 0 Å². The number of hydrogen-bond donors (Lipinski definition) is 8. The summed E-state index contributed by atoms with van der Waals surface area (Å²) in [6.07, 6.45) is -8.89. The lowest BCUT2D eigenvalue weighted by molar-refractivity contribution is -0.133. The number of ether oxygens (including phenoxy) is 16. The van der Waals surface area contributed by atoms with Gasteiger partial charge in [0.1, 0.15) is 24.4 Å². The third-order valence-electron chi connectivity index (χ3n) is 10.0. The molecule has 26 nitrogen and oxygen atoms in total. The Kier molecular flexibility index (Phi) is 43.2. The van der Waals surface area contributed by atoms with Gasteiger partial charge in [0.2, 0.25) is 0 Å². The van der Waals surface area contributed by atoms with Gasteiger partial charge in [-0.1, -0.05) is 0 Å². The molecule has 0 aromatic carbocycles. The molecule has 26 heteroatoms. The molecule has 0 rings (SSSR count). The number of carbonyl (C=O) groups excluding carboxylic acids is 2. The van der Waals surface area contributed by atoms with Gasteiger partial charge in [-0.05, 0) is 62.3 Å². The van der Waals surface area contributed by atoms with Gasteiger partial charge in [0.05, 0.1) is 225 Å². The van der Waals surface area contributed by atoms with Crippen LogP contribution in [-0.2, 0) is 75.8 Å². The topological polar surface area (TPSA) is 344 Å². The normalized spacial score (nSPS) is 18.0. The van der Waals surface area contributed by atoms with Gasteiger partial charge in [-0.3, -0.25) is 0 Å². The van der Waals surface area contributed by atoms with Crippen LogP contribution in [0, 0.1) is 16.2 Å². The molecule has 9 atom stereocenters. The van der Waals surface area contributed by atoms with Crippen molar-refractivity contribution in [3.05, 3.63) is 0 Å². The highest BCUT2D eigenvalue weighted by atomic mass is 16.7. The number of carbonyl (C=O) groups is 2. The van der Waals surface area contributed by atoms with Crippen molar-refractivity contribution < 1.29 is 126 Å². The van der Waals surface area contributed by atoms with Crippen molar-refractivity contribution in [1.29, 1.82) is 0 Å². The molecule has 0 spiro atoms. The van der Waals surface area contributed by atoms with Crippen LogP contribution in [0.25, 0.3) is 0 Å². The van der Waals surface area contributed by atoms with E-state index >= 15 is 0 Å². The van der Waals surface area contributed by atoms with E-state index in [2.05, 4.69) is 0 Å². The van der Waals surface area contributed by atoms with Crippen LogP contribution >= 0.6 is 0 Å². The van der Waals surface area contributed by atoms with E-state index < -0.39 is 83.5 Å². The molecule has 76 heavy (non-hydrogen) atoms. The minimum absolute atomic E-state index is 0.00950. The third-order valence-corrected chi connectivity index (χ3v) is 10.0. The molecule has 0 fully saturated rings. The Balaban J connectivity index is 5.55. The van der Waals surface area contributed by atoms with Gasteiger partial charge in [0.15, 0.2) is 0 Å². The molecule has 0 radical (unpaired) electrons. The average Bonchev–Trinajstić information content (AvgIpc) is 3.31. The number of rotatable bonds is 52. The minimum Gasteiger partial charge on any atom is -0.429 e. The van der Waals surface area contributed by atoms with Gasteiger partial charge in [-0.2, -0.15) is 0 Å². The molecule has 0 bridgehead atoms. The van der Waals surface area contributed by atoms with E-state index in [1.165, 1.54) is 0 Å². The SMILES string of the molecule is CC(O)COCC(COCCO)(COCC(C)O)COCC(C)OC(=O)OC(C)COCC(COCCO)(COCC(C)O)COCC(C)OC(=O)OC(C)COCC(COCCO)(COCC(C)O)COCC(C)O. The van der Waals surface area contributed by atoms with Crippen LogP contribution < -0.4 is 0 Å². The number of aliphatic hydroxyl groups is 8. The van der Waals surface area contributed by atoms with E-state index in [1.54, 1.807) is 62.3 Å². The monoisotopic (exact) mass is 1110 g/mol. The third kappa shape index (κ3) is 40.0. The summed E-state index contributed by atoms with van der Waals surface area (Å²) in [5.74, 6) is 0. The Morgan fingerprint density at radius 3 is 0.605 bits per heavy atom. The highest BCUT2D eigenvalue weighted by Gasteiger charge is 2.36. The zero-order chi connectivity index (χ0) is 57.3. The zero-order valence-corrected chi connectivity index (χ0v) is 46.7. The predicted molar refractivity (Wildman–Crippen MR) is 270 cm³/mol. The van der Waals surface area contributed by atoms with Crippen LogP contribution in [-0.4, -0.2) is 286 Å². The highest BCUT2D eigenvalue weighted by Crippen LogP contribution is 2.25. The quantitative estimate of drug-likeness (QED) is 0.0291. The van der Waals surface area contributed by atoms with Crippen molar-refractivity contribution in [2.45, 2.75) is 117 Å². The van der Waals surface area contributed by atoms with E-state index in [4.69, 9.17) is 75.8 Å². The molecule has 0 aliphatic heterocycles. The molecular formula is C50H98O26. The van der Waals surface area contributed by atoms with E-state index in [9.17, 15) is 50.4 Å². The van der Waals surface area contributed by atoms with Crippen LogP contribution in [0.1, 0.15) is 62.3 Å². The summed E-state index contributed by atoms with van der Waals surface area (Å²) in [5, 5.41) is 76.9. The molecule has 0 heterocycles. The van der Waals surface area contributed by atoms with Crippen LogP contribution in [0.3, 0.4) is 0 Å². The van der Waals surface area contributed by atoms with Crippen LogP contribution in [0.5, 0.6) is 0 Å². The molecule has 0 aromatic rings. The van der Waals surface area contributed by atoms with E-state index in [0.717, 1.165) is 0 Å². The summed E-state index contributed by atoms with van der Waals surface area (Å²) in [4.78, 5) is 25.7. The molecule has 8 N–H and O–H groups in total. The fourth-order valence-electron chi connectivity index (χ4n) is 6.65. The molecule has 0 aromatic heterocycles. The summed E-state index contributed by atoms with van der Waals surface area (Å²) in [5.41, 5.74) is -2.85. The maximum atomic E-state index is 12.8. The smallest absolute Gasteiger partial charge is 0.429 e. The first-order valence-corrected chi connectivity index (χ1v) is 25.9. The predicted octanol–water partition coefficient (Wildman–Crippen LogP) is -0.114. The molecule has 0 amide bonds. The van der Waals surface area contributed by atoms with Gasteiger partial charge in [0.25, 0.3) is 0 Å². The summed E-state index contributed by atoms with van der Waals surface area (Å²) in [6.45, 7) is 13.5. The Bertz CT molecular complexity index is 1260. The number of aliphatic hydroxyl groups excluding tert-OH is 8. The van der Waals surface area contributed by atoms with Crippen molar-refractivity contribution in [1.82, 2.24) is 0 Å². The Hall–Kier alpha value is -2.26. The first-order valence-electron chi connectivity index (χ1n) is 25.9. The second-order valence-electron chi connectivity index (χ2n) is 19.9. The van der Waals surface area contributed by atoms with Crippen LogP contribution in [0.4, 0.5) is 9.59 Å². The number of hydrogen-bond acceptors (Lipinski definition) is 26. The lowest BCUT2D eigenvalue weighted by Crippen LogP contribution is -2.44. The summed E-state index contributed by atoms with van der Waals surface area (Å²) in [6, 6.07) is 0. The molecule has 0 saturated heterocycles. The van der Waals surface area contributed by atoms with Gasteiger partial charge in [-0.15, -0.1) is 0 Å². The van der Waals surface area contributed by atoms with E-state index in [-0.39, 0.29) is 178 Å². The fraction of sp³-hybridized carbons (Fsp3) is 0.960. The second kappa shape index (κ2) is 44.5. The molecule has 0 aliphatic carbocycles. The van der Waals surface area contributed by atoms with E-state index in [0.29, 0.717) is 0 Å². The summed E-state index contributed by atoms with van der Waals surface area (Å²) in [7, 11) is 0. The maximum Gasteiger partial charge on any atom is 0.508 e. The fourth-order valence-corrected chi connectivity index (χ4v) is 6.65. The first kappa shape index (κ1) is 73.7. The maximum absolute atomic E-state index is 12.8. The van der Waals surface area contributed by atoms with Crippen LogP contribution in [0.2, 0.25) is 0 Å². The van der Waals surface area contributed by atoms with Crippen molar-refractivity contribution >= 4 is 12.3 Å². The summed E-state index contributed by atoms with van der Waals surface area (Å²) >= 11 is 0. The molecule has 454 valence electrons. The van der Waals surface area contributed by atoms with Crippen molar-refractivity contribution in [2.24, 2.45) is 16.2 Å². The van der Waals surface area contributed by atoms with E-state index in [1.807, 2.05) is 0 Å². The van der Waals surface area contributed by atoms with Gasteiger partial charge < -0.3 is 117 Å². The molecule has 0 saturated carbocycles. The first-order chi connectivity index (χ1) is 36.0. The van der Waals surface area contributed by atoms with Crippen LogP contribution in [0.15, 0.2) is 0 Å². The standard InChI is InChI=1S/C50H98O26/c1-37(54)16-64-28-48(25-61-13-10-51,29-65-17-38(2)55)33-69-21-42(6)73-46(59)75-44(8)23-71-35-50(27-63-15-12-53,32-68-20-41(5)58)36-72-24-45(9)76-47(60)74-43(7)22-70-34-49(26-62-14-11-52,30-66-18-39(3)56)31-67-19-40(4)57/h37-45,51-58H,10-36H2,1-9H3. The largest absolute Gasteiger partial charge is 0.508 e. The Morgan fingerprint density at radius 2 is 0.447 bits per heavy atom. The average molecular weight is 1120 g/mol. The van der Waals surface area contributed by atoms with Gasteiger partial charge in [0, 0.05) is 0 Å². The van der Waals surface area contributed by atoms with Gasteiger partial charge in [-0.25, -0.2) is 9.59 Å². The lowest BCUT2D eigenvalue weighted by atomic mass is 9.92. The lowest BCUT2D eigenvalue weighted by Gasteiger charge is -2.34. The van der Waals surface area contributed by atoms with Crippen molar-refractivity contribution in [3.8, 4) is 0 Å². The van der Waals surface area contributed by atoms with Crippen molar-refractivity contribution in [2.75, 3.05) is 178 Å². The zero-order valence-electron chi connectivity index (χ0n) is 46.7.